The van der Waals surface area contributed by atoms with Crippen LogP contribution in [0.1, 0.15) is 0 Å². The van der Waals surface area contributed by atoms with Crippen molar-refractivity contribution in [1.29, 1.82) is 0 Å². The Morgan fingerprint density at radius 1 is 0.261 bits per heavy atom. The number of hydrogen-bond acceptors (Lipinski definition) is 2. The van der Waals surface area contributed by atoms with Crippen LogP contribution in [0.15, 0.2) is 146 Å². The summed E-state index contributed by atoms with van der Waals surface area (Å²) in [6, 6.07) is 55.1. The van der Waals surface area contributed by atoms with Gasteiger partial charge in [0.25, 0.3) is 0 Å². The van der Waals surface area contributed by atoms with Crippen LogP contribution in [0, 0.1) is 0 Å². The van der Waals surface area contributed by atoms with Gasteiger partial charge >= 0.3 is 0 Å². The molecule has 0 saturated carbocycles. The molecule has 0 saturated heterocycles. The molecule has 9 aromatic carbocycles. The average Bonchev–Trinajstić information content (AvgIpc) is 3.68. The van der Waals surface area contributed by atoms with Crippen LogP contribution in [0.25, 0.3) is 105 Å². The zero-order valence-corrected chi connectivity index (χ0v) is 26.3. The molecule has 2 heteroatoms. The maximum absolute atomic E-state index is 2.43. The highest BCUT2D eigenvalue weighted by Crippen LogP contribution is 2.44. The molecule has 0 fully saturated rings. The Balaban J connectivity index is 1.50. The molecule has 0 unspecified atom stereocenters. The molecule has 0 aliphatic heterocycles. The highest BCUT2D eigenvalue weighted by molar-refractivity contribution is 7.27. The molecule has 11 aromatic rings. The van der Waals surface area contributed by atoms with Crippen LogP contribution in [0.3, 0.4) is 0 Å². The third-order valence-electron chi connectivity index (χ3n) is 10.0. The predicted molar refractivity (Wildman–Crippen MR) is 206 cm³/mol. The van der Waals surface area contributed by atoms with Crippen LogP contribution in [-0.2, 0) is 0 Å². The first-order valence-electron chi connectivity index (χ1n) is 15.8. The minimum atomic E-state index is 1.26. The Morgan fingerprint density at radius 2 is 0.609 bits per heavy atom. The summed E-state index contributed by atoms with van der Waals surface area (Å²) in [5.74, 6) is 0. The molecule has 11 rings (SSSR count). The molecule has 0 N–H and O–H groups in total. The lowest BCUT2D eigenvalue weighted by Gasteiger charge is -2.07. The van der Waals surface area contributed by atoms with Crippen LogP contribution < -0.4 is 0 Å². The molecule has 2 heterocycles. The topological polar surface area (TPSA) is 0 Å². The molecular formula is C44H24S2. The molecule has 212 valence electrons. The van der Waals surface area contributed by atoms with Gasteiger partial charge in [0.05, 0.1) is 0 Å². The standard InChI is InChI=1S/C44H24S2/c1-7-25-8-2-12-30-28-20-22-40-38(24-28)36-18-6-16-34(44(36)46-40)32-14-4-10-26-9-3-13-31(42(26)32)33-15-5-17-35-37-23-27(29(11-1)41(25)30)19-21-39(37)45-43(33)35/h1-24H. The summed E-state index contributed by atoms with van der Waals surface area (Å²) in [6.45, 7) is 0. The maximum atomic E-state index is 2.43. The van der Waals surface area contributed by atoms with Crippen molar-refractivity contribution in [3.05, 3.63) is 146 Å². The lowest BCUT2D eigenvalue weighted by atomic mass is 9.96. The van der Waals surface area contributed by atoms with Crippen molar-refractivity contribution in [1.82, 2.24) is 0 Å². The van der Waals surface area contributed by atoms with Gasteiger partial charge in [0.15, 0.2) is 0 Å². The van der Waals surface area contributed by atoms with Crippen LogP contribution in [0.5, 0.6) is 0 Å². The Morgan fingerprint density at radius 3 is 1.07 bits per heavy atom. The Bertz CT molecular complexity index is 2930. The van der Waals surface area contributed by atoms with Crippen molar-refractivity contribution in [3.8, 4) is 0 Å². The molecule has 0 nitrogen and oxygen atoms in total. The highest BCUT2D eigenvalue weighted by atomic mass is 32.1. The van der Waals surface area contributed by atoms with Crippen molar-refractivity contribution in [2.45, 2.75) is 0 Å². The van der Waals surface area contributed by atoms with Crippen molar-refractivity contribution in [3.63, 3.8) is 0 Å². The molecule has 0 radical (unpaired) electrons. The number of hydrogen-bond donors (Lipinski definition) is 0. The van der Waals surface area contributed by atoms with Gasteiger partial charge in [0.1, 0.15) is 0 Å². The summed E-state index contributed by atoms with van der Waals surface area (Å²) in [5, 5.41) is 20.8. The zero-order valence-electron chi connectivity index (χ0n) is 24.7. The van der Waals surface area contributed by atoms with Gasteiger partial charge in [-0.1, -0.05) is 121 Å². The van der Waals surface area contributed by atoms with E-state index in [0.717, 1.165) is 0 Å². The molecule has 0 amide bonds. The minimum absolute atomic E-state index is 1.26. The van der Waals surface area contributed by atoms with Crippen molar-refractivity contribution >= 4 is 128 Å². The first kappa shape index (κ1) is 25.0. The number of rotatable bonds is 0. The molecular weight excluding hydrogens is 593 g/mol. The van der Waals surface area contributed by atoms with E-state index >= 15 is 0 Å². The molecule has 10 bridgehead atoms. The van der Waals surface area contributed by atoms with Crippen LogP contribution in [0.4, 0.5) is 0 Å². The van der Waals surface area contributed by atoms with Crippen LogP contribution in [0.2, 0.25) is 0 Å². The van der Waals surface area contributed by atoms with Gasteiger partial charge in [-0.25, -0.2) is 0 Å². The Labute approximate surface area is 272 Å². The minimum Gasteiger partial charge on any atom is -0.135 e. The van der Waals surface area contributed by atoms with Crippen molar-refractivity contribution in [2.24, 2.45) is 0 Å². The largest absolute Gasteiger partial charge is 0.135 e. The highest BCUT2D eigenvalue weighted by Gasteiger charge is 2.14. The maximum Gasteiger partial charge on any atom is 0.0434 e. The Hall–Kier alpha value is -5.28. The van der Waals surface area contributed by atoms with E-state index in [0.29, 0.717) is 0 Å². The van der Waals surface area contributed by atoms with E-state index < -0.39 is 0 Å². The van der Waals surface area contributed by atoms with Crippen LogP contribution in [-0.4, -0.2) is 0 Å². The second kappa shape index (κ2) is 9.14. The van der Waals surface area contributed by atoms with Gasteiger partial charge in [-0.15, -0.1) is 22.7 Å². The molecule has 0 aliphatic carbocycles. The van der Waals surface area contributed by atoms with E-state index in [1.807, 2.05) is 22.7 Å². The first-order valence-corrected chi connectivity index (χ1v) is 17.4. The van der Waals surface area contributed by atoms with E-state index in [9.17, 15) is 0 Å². The number of benzene rings is 8. The fraction of sp³-hybridized carbons (Fsp3) is 0. The predicted octanol–water partition coefficient (Wildman–Crippen LogP) is 13.9. The summed E-state index contributed by atoms with van der Waals surface area (Å²) in [7, 11) is 0. The number of fused-ring (bicyclic) bond motifs is 6. The molecule has 2 aromatic heterocycles. The second-order valence-electron chi connectivity index (χ2n) is 12.4. The van der Waals surface area contributed by atoms with Crippen molar-refractivity contribution in [2.75, 3.05) is 0 Å². The molecule has 46 heavy (non-hydrogen) atoms. The number of thiophene rings is 2. The van der Waals surface area contributed by atoms with Crippen molar-refractivity contribution < 1.29 is 0 Å². The summed E-state index contributed by atoms with van der Waals surface area (Å²) in [5.41, 5.74) is 0. The molecule has 0 aliphatic rings. The average molecular weight is 617 g/mol. The van der Waals surface area contributed by atoms with Gasteiger partial charge in [-0.2, -0.15) is 0 Å². The summed E-state index contributed by atoms with van der Waals surface area (Å²) < 4.78 is 5.35. The third-order valence-corrected chi connectivity index (χ3v) is 12.4. The lowest BCUT2D eigenvalue weighted by Crippen LogP contribution is -1.80. The SMILES string of the molecule is c1cc2c3cc4ccc3sc2c(c1)c1cccc2cccc(c3cccc5c6cc(ccc6sc53)c3cccc5cccc4c53)c21. The Kier molecular flexibility index (Phi) is 4.96. The second-order valence-corrected chi connectivity index (χ2v) is 14.5. The molecule has 0 spiro atoms. The fourth-order valence-corrected chi connectivity index (χ4v) is 10.4. The van der Waals surface area contributed by atoms with E-state index in [-0.39, 0.29) is 0 Å². The van der Waals surface area contributed by atoms with Crippen LogP contribution >= 0.6 is 22.7 Å². The zero-order chi connectivity index (χ0) is 29.9. The third kappa shape index (κ3) is 3.32. The van der Waals surface area contributed by atoms with Gasteiger partial charge in [-0.05, 0) is 78.1 Å². The van der Waals surface area contributed by atoms with Gasteiger partial charge in [-0.3, -0.25) is 0 Å². The quantitative estimate of drug-likeness (QED) is 0.159. The van der Waals surface area contributed by atoms with E-state index in [1.165, 1.54) is 105 Å². The summed E-state index contributed by atoms with van der Waals surface area (Å²) in [6.07, 6.45) is 0. The van der Waals surface area contributed by atoms with E-state index in [4.69, 9.17) is 0 Å². The normalized spacial score (nSPS) is 12.3. The monoisotopic (exact) mass is 616 g/mol. The smallest absolute Gasteiger partial charge is 0.0434 e. The summed E-state index contributed by atoms with van der Waals surface area (Å²) >= 11 is 3.83. The van der Waals surface area contributed by atoms with Gasteiger partial charge in [0.2, 0.25) is 0 Å². The first-order chi connectivity index (χ1) is 22.8. The molecule has 0 atom stereocenters. The van der Waals surface area contributed by atoms with Gasteiger partial charge < -0.3 is 0 Å². The van der Waals surface area contributed by atoms with E-state index in [2.05, 4.69) is 146 Å². The van der Waals surface area contributed by atoms with Gasteiger partial charge in [0, 0.05) is 51.1 Å². The van der Waals surface area contributed by atoms with E-state index in [1.54, 1.807) is 0 Å². The fourth-order valence-electron chi connectivity index (χ4n) is 7.97. The lowest BCUT2D eigenvalue weighted by molar-refractivity contribution is 1.81. The summed E-state index contributed by atoms with van der Waals surface area (Å²) in [4.78, 5) is 0.